The normalized spacial score (nSPS) is 22.2. The molecular formula is C13H22N2O2. The topological polar surface area (TPSA) is 61.4 Å². The second-order valence-corrected chi connectivity index (χ2v) is 4.50. The zero-order chi connectivity index (χ0) is 12.7. The predicted octanol–water partition coefficient (Wildman–Crippen LogP) is 0.738. The van der Waals surface area contributed by atoms with Gasteiger partial charge in [-0.15, -0.1) is 0 Å². The Bertz CT molecular complexity index is 311. The van der Waals surface area contributed by atoms with Crippen LogP contribution in [-0.2, 0) is 4.79 Å². The fourth-order valence-corrected chi connectivity index (χ4v) is 2.13. The van der Waals surface area contributed by atoms with Gasteiger partial charge in [0.05, 0.1) is 6.10 Å². The standard InChI is InChI=1S/C13H22N2O2/c1-3-4-11-6-12(5-10(11)2)15-8-13(17)7-14-9-16/h3-4,9,12-13,15,17H,5-8H2,1-2H3,(H,14,16)/b4-3-. The van der Waals surface area contributed by atoms with E-state index in [9.17, 15) is 9.90 Å². The summed E-state index contributed by atoms with van der Waals surface area (Å²) in [6.45, 7) is 5.00. The van der Waals surface area contributed by atoms with Crippen molar-refractivity contribution in [3.63, 3.8) is 0 Å². The Kier molecular flexibility index (Phi) is 5.94. The summed E-state index contributed by atoms with van der Waals surface area (Å²) in [6.07, 6.45) is 6.35. The zero-order valence-electron chi connectivity index (χ0n) is 10.6. The molecule has 0 aliphatic heterocycles. The summed E-state index contributed by atoms with van der Waals surface area (Å²) in [5.41, 5.74) is 2.81. The third kappa shape index (κ3) is 4.71. The molecule has 1 aliphatic rings. The second-order valence-electron chi connectivity index (χ2n) is 4.50. The molecule has 0 heterocycles. The highest BCUT2D eigenvalue weighted by molar-refractivity contribution is 5.45. The molecular weight excluding hydrogens is 216 g/mol. The van der Waals surface area contributed by atoms with E-state index >= 15 is 0 Å². The third-order valence-electron chi connectivity index (χ3n) is 3.01. The maximum atomic E-state index is 10.1. The van der Waals surface area contributed by atoms with E-state index in [2.05, 4.69) is 29.7 Å². The van der Waals surface area contributed by atoms with Crippen molar-refractivity contribution in [2.45, 2.75) is 38.8 Å². The van der Waals surface area contributed by atoms with Crippen molar-refractivity contribution >= 4 is 6.41 Å². The summed E-state index contributed by atoms with van der Waals surface area (Å²) in [5, 5.41) is 15.4. The van der Waals surface area contributed by atoms with Crippen LogP contribution in [0.2, 0.25) is 0 Å². The lowest BCUT2D eigenvalue weighted by atomic mass is 10.1. The molecule has 0 aromatic heterocycles. The van der Waals surface area contributed by atoms with Crippen LogP contribution in [0.3, 0.4) is 0 Å². The van der Waals surface area contributed by atoms with E-state index < -0.39 is 6.10 Å². The van der Waals surface area contributed by atoms with Crippen molar-refractivity contribution < 1.29 is 9.90 Å². The van der Waals surface area contributed by atoms with Crippen LogP contribution in [0.1, 0.15) is 26.7 Å². The Morgan fingerprint density at radius 2 is 2.24 bits per heavy atom. The van der Waals surface area contributed by atoms with Crippen LogP contribution in [0, 0.1) is 0 Å². The van der Waals surface area contributed by atoms with Crippen LogP contribution in [0.5, 0.6) is 0 Å². The summed E-state index contributed by atoms with van der Waals surface area (Å²) < 4.78 is 0. The predicted molar refractivity (Wildman–Crippen MR) is 68.6 cm³/mol. The van der Waals surface area contributed by atoms with Crippen LogP contribution >= 0.6 is 0 Å². The number of aliphatic hydroxyl groups excluding tert-OH is 1. The summed E-state index contributed by atoms with van der Waals surface area (Å²) in [4.78, 5) is 10.1. The van der Waals surface area contributed by atoms with E-state index in [1.54, 1.807) is 0 Å². The molecule has 96 valence electrons. The molecule has 4 heteroatoms. The molecule has 0 saturated heterocycles. The first-order chi connectivity index (χ1) is 8.17. The fraction of sp³-hybridized carbons (Fsp3) is 0.615. The summed E-state index contributed by atoms with van der Waals surface area (Å²) >= 11 is 0. The first-order valence-corrected chi connectivity index (χ1v) is 6.07. The number of nitrogens with one attached hydrogen (secondary N) is 2. The van der Waals surface area contributed by atoms with Gasteiger partial charge in [-0.05, 0) is 32.3 Å². The monoisotopic (exact) mass is 238 g/mol. The number of hydrogen-bond acceptors (Lipinski definition) is 3. The van der Waals surface area contributed by atoms with Crippen molar-refractivity contribution in [1.29, 1.82) is 0 Å². The molecule has 1 aliphatic carbocycles. The van der Waals surface area contributed by atoms with Gasteiger partial charge in [0.15, 0.2) is 0 Å². The highest BCUT2D eigenvalue weighted by Crippen LogP contribution is 2.26. The number of hydrogen-bond donors (Lipinski definition) is 3. The van der Waals surface area contributed by atoms with Crippen molar-refractivity contribution in [2.75, 3.05) is 13.1 Å². The summed E-state index contributed by atoms with van der Waals surface area (Å²) in [7, 11) is 0. The molecule has 0 spiro atoms. The molecule has 0 saturated carbocycles. The van der Waals surface area contributed by atoms with Gasteiger partial charge >= 0.3 is 0 Å². The fourth-order valence-electron chi connectivity index (χ4n) is 2.13. The highest BCUT2D eigenvalue weighted by Gasteiger charge is 2.20. The molecule has 4 nitrogen and oxygen atoms in total. The van der Waals surface area contributed by atoms with Crippen LogP contribution in [0.25, 0.3) is 0 Å². The maximum absolute atomic E-state index is 10.1. The minimum Gasteiger partial charge on any atom is -0.390 e. The second kappa shape index (κ2) is 7.25. The lowest BCUT2D eigenvalue weighted by Gasteiger charge is -2.16. The Morgan fingerprint density at radius 3 is 2.88 bits per heavy atom. The number of aliphatic hydroxyl groups is 1. The number of amides is 1. The van der Waals surface area contributed by atoms with Crippen molar-refractivity contribution in [1.82, 2.24) is 10.6 Å². The molecule has 17 heavy (non-hydrogen) atoms. The molecule has 1 rings (SSSR count). The largest absolute Gasteiger partial charge is 0.390 e. The Morgan fingerprint density at radius 1 is 1.47 bits per heavy atom. The smallest absolute Gasteiger partial charge is 0.207 e. The van der Waals surface area contributed by atoms with Gasteiger partial charge in [0.25, 0.3) is 0 Å². The number of carbonyl (C=O) groups excluding carboxylic acids is 1. The lowest BCUT2D eigenvalue weighted by molar-refractivity contribution is -0.109. The van der Waals surface area contributed by atoms with Gasteiger partial charge in [-0.25, -0.2) is 0 Å². The van der Waals surface area contributed by atoms with E-state index in [-0.39, 0.29) is 0 Å². The Hall–Kier alpha value is -1.13. The maximum Gasteiger partial charge on any atom is 0.207 e. The lowest BCUT2D eigenvalue weighted by Crippen LogP contribution is -2.39. The molecule has 0 bridgehead atoms. The molecule has 3 N–H and O–H groups in total. The molecule has 0 radical (unpaired) electrons. The van der Waals surface area contributed by atoms with Crippen LogP contribution < -0.4 is 10.6 Å². The first-order valence-electron chi connectivity index (χ1n) is 6.07. The minimum absolute atomic E-state index is 0.303. The number of allylic oxidation sites excluding steroid dienone is 2. The Balaban J connectivity index is 2.25. The number of rotatable bonds is 7. The molecule has 1 amide bonds. The molecule has 0 fully saturated rings. The van der Waals surface area contributed by atoms with Gasteiger partial charge in [0.1, 0.15) is 0 Å². The summed E-state index contributed by atoms with van der Waals surface area (Å²) in [6, 6.07) is 0.409. The average Bonchev–Trinajstić information content (AvgIpc) is 2.65. The van der Waals surface area contributed by atoms with Crippen molar-refractivity contribution in [2.24, 2.45) is 0 Å². The van der Waals surface area contributed by atoms with Gasteiger partial charge in [0, 0.05) is 19.1 Å². The van der Waals surface area contributed by atoms with Gasteiger partial charge in [-0.2, -0.15) is 0 Å². The molecule has 0 aromatic rings. The highest BCUT2D eigenvalue weighted by atomic mass is 16.3. The Labute approximate surface area is 103 Å². The minimum atomic E-state index is -0.522. The van der Waals surface area contributed by atoms with Crippen LogP contribution in [0.15, 0.2) is 23.3 Å². The first kappa shape index (κ1) is 13.9. The van der Waals surface area contributed by atoms with E-state index in [0.29, 0.717) is 25.5 Å². The van der Waals surface area contributed by atoms with Crippen molar-refractivity contribution in [3.05, 3.63) is 23.3 Å². The van der Waals surface area contributed by atoms with Crippen molar-refractivity contribution in [3.8, 4) is 0 Å². The zero-order valence-corrected chi connectivity index (χ0v) is 10.6. The van der Waals surface area contributed by atoms with E-state index in [0.717, 1.165) is 12.8 Å². The van der Waals surface area contributed by atoms with Gasteiger partial charge in [-0.3, -0.25) is 4.79 Å². The molecule has 2 unspecified atom stereocenters. The van der Waals surface area contributed by atoms with E-state index in [4.69, 9.17) is 0 Å². The molecule has 0 aromatic carbocycles. The third-order valence-corrected chi connectivity index (χ3v) is 3.01. The van der Waals surface area contributed by atoms with Crippen LogP contribution in [-0.4, -0.2) is 36.8 Å². The van der Waals surface area contributed by atoms with Gasteiger partial charge in [-0.1, -0.05) is 17.7 Å². The number of carbonyl (C=O) groups is 1. The van der Waals surface area contributed by atoms with Gasteiger partial charge < -0.3 is 15.7 Å². The summed E-state index contributed by atoms with van der Waals surface area (Å²) in [5.74, 6) is 0. The van der Waals surface area contributed by atoms with E-state index in [1.165, 1.54) is 11.1 Å². The van der Waals surface area contributed by atoms with Crippen LogP contribution in [0.4, 0.5) is 0 Å². The molecule has 2 atom stereocenters. The quantitative estimate of drug-likeness (QED) is 0.573. The SMILES string of the molecule is C/C=C\C1=C(C)CC(NCC(O)CNC=O)C1. The van der Waals surface area contributed by atoms with Gasteiger partial charge in [0.2, 0.25) is 6.41 Å². The average molecular weight is 238 g/mol. The van der Waals surface area contributed by atoms with E-state index in [1.807, 2.05) is 6.92 Å².